The van der Waals surface area contributed by atoms with Crippen LogP contribution in [0.1, 0.15) is 42.1 Å². The zero-order valence-corrected chi connectivity index (χ0v) is 16.3. The summed E-state index contributed by atoms with van der Waals surface area (Å²) in [5.74, 6) is -0.0994. The smallest absolute Gasteiger partial charge is 0.255 e. The van der Waals surface area contributed by atoms with Crippen LogP contribution in [-0.2, 0) is 13.6 Å². The van der Waals surface area contributed by atoms with E-state index in [9.17, 15) is 4.79 Å². The highest BCUT2D eigenvalue weighted by Crippen LogP contribution is 2.25. The molecule has 4 rings (SSSR count). The average molecular weight is 367 g/mol. The van der Waals surface area contributed by atoms with Crippen molar-refractivity contribution in [2.24, 2.45) is 7.05 Å². The Bertz CT molecular complexity index is 778. The molecule has 0 unspecified atom stereocenters. The second kappa shape index (κ2) is 7.82. The number of anilines is 1. The van der Waals surface area contributed by atoms with Crippen molar-refractivity contribution in [3.63, 3.8) is 0 Å². The van der Waals surface area contributed by atoms with Crippen molar-refractivity contribution in [2.75, 3.05) is 25.0 Å². The van der Waals surface area contributed by atoms with Crippen molar-refractivity contribution < 1.29 is 4.79 Å². The molecule has 3 heterocycles. The highest BCUT2D eigenvalue weighted by atomic mass is 16.1. The van der Waals surface area contributed by atoms with Crippen molar-refractivity contribution in [2.45, 2.75) is 44.8 Å². The molecule has 2 fully saturated rings. The second-order valence-electron chi connectivity index (χ2n) is 7.98. The van der Waals surface area contributed by atoms with E-state index in [1.165, 1.54) is 31.4 Å². The number of carbonyl (C=O) groups is 1. The lowest BCUT2D eigenvalue weighted by Gasteiger charge is -2.49. The van der Waals surface area contributed by atoms with Gasteiger partial charge in [-0.25, -0.2) is 0 Å². The molecule has 1 atom stereocenters. The van der Waals surface area contributed by atoms with E-state index in [-0.39, 0.29) is 5.91 Å². The van der Waals surface area contributed by atoms with E-state index in [2.05, 4.69) is 39.3 Å². The van der Waals surface area contributed by atoms with Crippen LogP contribution in [0.3, 0.4) is 0 Å². The van der Waals surface area contributed by atoms with E-state index in [0.717, 1.165) is 31.7 Å². The molecule has 144 valence electrons. The molecule has 0 spiro atoms. The van der Waals surface area contributed by atoms with Gasteiger partial charge in [0, 0.05) is 50.5 Å². The molecule has 2 aromatic rings. The minimum absolute atomic E-state index is 0.0994. The first kappa shape index (κ1) is 18.2. The summed E-state index contributed by atoms with van der Waals surface area (Å²) in [6, 6.07) is 9.41. The normalized spacial score (nSPS) is 21.8. The molecule has 2 aliphatic heterocycles. The fourth-order valence-electron chi connectivity index (χ4n) is 4.25. The molecule has 1 N–H and O–H groups in total. The fraction of sp³-hybridized carbons (Fsp3) is 0.524. The third-order valence-corrected chi connectivity index (χ3v) is 5.85. The summed E-state index contributed by atoms with van der Waals surface area (Å²) in [5.41, 5.74) is 2.65. The molecule has 1 aromatic carbocycles. The molecule has 2 saturated heterocycles. The largest absolute Gasteiger partial charge is 0.319 e. The van der Waals surface area contributed by atoms with Crippen molar-refractivity contribution in [1.82, 2.24) is 19.6 Å². The van der Waals surface area contributed by atoms with Gasteiger partial charge in [-0.15, -0.1) is 0 Å². The maximum absolute atomic E-state index is 12.3. The Labute approximate surface area is 161 Å². The van der Waals surface area contributed by atoms with E-state index in [0.29, 0.717) is 11.3 Å². The zero-order chi connectivity index (χ0) is 18.8. The van der Waals surface area contributed by atoms with Gasteiger partial charge in [-0.3, -0.25) is 19.3 Å². The predicted molar refractivity (Wildman–Crippen MR) is 107 cm³/mol. The number of aromatic nitrogens is 2. The van der Waals surface area contributed by atoms with Crippen molar-refractivity contribution in [1.29, 1.82) is 0 Å². The minimum Gasteiger partial charge on any atom is -0.319 e. The van der Waals surface area contributed by atoms with Gasteiger partial charge >= 0.3 is 0 Å². The monoisotopic (exact) mass is 367 g/mol. The number of rotatable bonds is 5. The Morgan fingerprint density at radius 3 is 2.67 bits per heavy atom. The molecular weight excluding hydrogens is 338 g/mol. The third kappa shape index (κ3) is 4.22. The maximum Gasteiger partial charge on any atom is 0.255 e. The highest BCUT2D eigenvalue weighted by Gasteiger charge is 2.34. The van der Waals surface area contributed by atoms with Crippen molar-refractivity contribution in [3.05, 3.63) is 47.8 Å². The Morgan fingerprint density at radius 2 is 2.00 bits per heavy atom. The molecule has 0 saturated carbocycles. The van der Waals surface area contributed by atoms with Crippen LogP contribution in [0.4, 0.5) is 5.69 Å². The molecule has 0 bridgehead atoms. The lowest BCUT2D eigenvalue weighted by Crippen LogP contribution is -2.61. The van der Waals surface area contributed by atoms with Crippen LogP contribution in [0.5, 0.6) is 0 Å². The maximum atomic E-state index is 12.3. The number of likely N-dealkylation sites (tertiary alicyclic amines) is 2. The van der Waals surface area contributed by atoms with E-state index in [4.69, 9.17) is 0 Å². The summed E-state index contributed by atoms with van der Waals surface area (Å²) in [7, 11) is 1.83. The third-order valence-electron chi connectivity index (χ3n) is 5.85. The second-order valence-corrected chi connectivity index (χ2v) is 7.98. The van der Waals surface area contributed by atoms with E-state index < -0.39 is 0 Å². The Kier molecular flexibility index (Phi) is 5.27. The zero-order valence-electron chi connectivity index (χ0n) is 16.3. The number of carbonyl (C=O) groups excluding carboxylic acids is 1. The molecule has 6 nitrogen and oxygen atoms in total. The number of nitrogens with one attached hydrogen (secondary N) is 1. The fourth-order valence-corrected chi connectivity index (χ4v) is 4.25. The summed E-state index contributed by atoms with van der Waals surface area (Å²) in [4.78, 5) is 17.5. The van der Waals surface area contributed by atoms with Crippen LogP contribution in [0, 0.1) is 0 Å². The highest BCUT2D eigenvalue weighted by molar-refractivity contribution is 6.04. The first-order valence-electron chi connectivity index (χ1n) is 9.95. The molecule has 1 aromatic heterocycles. The summed E-state index contributed by atoms with van der Waals surface area (Å²) in [5, 5.41) is 6.93. The lowest BCUT2D eigenvalue weighted by molar-refractivity contribution is -0.00620. The van der Waals surface area contributed by atoms with Crippen LogP contribution >= 0.6 is 0 Å². The number of aryl methyl sites for hydroxylation is 1. The molecule has 0 aliphatic carbocycles. The van der Waals surface area contributed by atoms with Gasteiger partial charge in [-0.05, 0) is 44.0 Å². The van der Waals surface area contributed by atoms with Crippen molar-refractivity contribution >= 4 is 11.6 Å². The van der Waals surface area contributed by atoms with Crippen LogP contribution < -0.4 is 5.32 Å². The van der Waals surface area contributed by atoms with Crippen molar-refractivity contribution in [3.8, 4) is 0 Å². The van der Waals surface area contributed by atoms with E-state index in [1.54, 1.807) is 17.1 Å². The molecule has 0 radical (unpaired) electrons. The topological polar surface area (TPSA) is 53.4 Å². The van der Waals surface area contributed by atoms with Gasteiger partial charge in [-0.1, -0.05) is 18.6 Å². The molecule has 2 aliphatic rings. The number of hydrogen-bond donors (Lipinski definition) is 1. The number of piperidine rings is 1. The summed E-state index contributed by atoms with van der Waals surface area (Å²) < 4.78 is 1.67. The first-order valence-corrected chi connectivity index (χ1v) is 9.95. The van der Waals surface area contributed by atoms with Gasteiger partial charge < -0.3 is 5.32 Å². The summed E-state index contributed by atoms with van der Waals surface area (Å²) in [6.45, 7) is 6.92. The predicted octanol–water partition coefficient (Wildman–Crippen LogP) is 2.73. The molecule has 27 heavy (non-hydrogen) atoms. The van der Waals surface area contributed by atoms with Crippen LogP contribution in [0.25, 0.3) is 0 Å². The van der Waals surface area contributed by atoms with Crippen LogP contribution in [-0.4, -0.2) is 57.2 Å². The lowest BCUT2D eigenvalue weighted by atomic mass is 9.97. The Morgan fingerprint density at radius 1 is 1.22 bits per heavy atom. The van der Waals surface area contributed by atoms with Gasteiger partial charge in [0.15, 0.2) is 0 Å². The quantitative estimate of drug-likeness (QED) is 0.883. The number of benzene rings is 1. The van der Waals surface area contributed by atoms with Crippen LogP contribution in [0.2, 0.25) is 0 Å². The van der Waals surface area contributed by atoms with Gasteiger partial charge in [0.2, 0.25) is 0 Å². The SMILES string of the molecule is C[C@@H]1CCCCN1C1CN(Cc2ccc(C(=O)Nc3cnn(C)c3)cc2)C1. The standard InChI is InChI=1S/C21H29N5O/c1-16-5-3-4-10-26(16)20-14-25(15-20)12-17-6-8-18(9-7-17)21(27)23-19-11-22-24(2)13-19/h6-9,11,13,16,20H,3-5,10,12,14-15H2,1-2H3,(H,23,27)/t16-/m1/s1. The van der Waals surface area contributed by atoms with E-state index in [1.807, 2.05) is 19.2 Å². The minimum atomic E-state index is -0.0994. The first-order chi connectivity index (χ1) is 13.1. The number of amides is 1. The Balaban J connectivity index is 1.27. The van der Waals surface area contributed by atoms with Crippen LogP contribution in [0.15, 0.2) is 36.7 Å². The molecule has 1 amide bonds. The van der Waals surface area contributed by atoms with Gasteiger partial charge in [0.1, 0.15) is 0 Å². The Hall–Kier alpha value is -2.18. The molecule has 6 heteroatoms. The molecular formula is C21H29N5O. The number of hydrogen-bond acceptors (Lipinski definition) is 4. The summed E-state index contributed by atoms with van der Waals surface area (Å²) in [6.07, 6.45) is 7.52. The van der Waals surface area contributed by atoms with Gasteiger partial charge in [0.25, 0.3) is 5.91 Å². The summed E-state index contributed by atoms with van der Waals surface area (Å²) >= 11 is 0. The van der Waals surface area contributed by atoms with E-state index >= 15 is 0 Å². The number of nitrogens with zero attached hydrogens (tertiary/aromatic N) is 4. The van der Waals surface area contributed by atoms with Gasteiger partial charge in [-0.2, -0.15) is 5.10 Å². The van der Waals surface area contributed by atoms with Gasteiger partial charge in [0.05, 0.1) is 11.9 Å². The average Bonchev–Trinajstić information content (AvgIpc) is 3.04.